The zero-order valence-corrected chi connectivity index (χ0v) is 12.5. The predicted octanol–water partition coefficient (Wildman–Crippen LogP) is 1.83. The third-order valence-corrected chi connectivity index (χ3v) is 3.71. The number of hydrogen-bond acceptors (Lipinski definition) is 4. The number of primary sulfonamides is 1. The molecule has 0 saturated carbocycles. The maximum atomic E-state index is 13.7. The van der Waals surface area contributed by atoms with Crippen molar-refractivity contribution in [2.24, 2.45) is 5.14 Å². The number of benzene rings is 1. The molecule has 0 atom stereocenters. The number of rotatable bonds is 5. The van der Waals surface area contributed by atoms with E-state index in [-0.39, 0.29) is 23.3 Å². The molecule has 0 fully saturated rings. The van der Waals surface area contributed by atoms with E-state index >= 15 is 0 Å². The van der Waals surface area contributed by atoms with Crippen molar-refractivity contribution in [3.8, 4) is 5.75 Å². The molecule has 0 spiro atoms. The third kappa shape index (κ3) is 3.79. The molecule has 0 aliphatic heterocycles. The zero-order valence-electron chi connectivity index (χ0n) is 11.7. The van der Waals surface area contributed by atoms with Gasteiger partial charge >= 0.3 is 0 Å². The third-order valence-electron chi connectivity index (χ3n) is 2.80. The highest BCUT2D eigenvalue weighted by Gasteiger charge is 2.13. The fourth-order valence-electron chi connectivity index (χ4n) is 1.67. The number of sulfonamides is 1. The molecule has 2 aromatic rings. The molecule has 114 valence electrons. The van der Waals surface area contributed by atoms with Gasteiger partial charge in [0.05, 0.1) is 10.6 Å². The molecule has 6 nitrogen and oxygen atoms in total. The van der Waals surface area contributed by atoms with Crippen LogP contribution in [0.1, 0.15) is 25.6 Å². The first-order valence-electron chi connectivity index (χ1n) is 6.26. The highest BCUT2D eigenvalue weighted by Crippen LogP contribution is 2.21. The predicted molar refractivity (Wildman–Crippen MR) is 74.7 cm³/mol. The SMILES string of the molecule is CC(C)n1ccc(COc2ccc(S(N)(=O)=O)cc2F)n1. The number of hydrogen-bond donors (Lipinski definition) is 1. The second-order valence-electron chi connectivity index (χ2n) is 4.81. The van der Waals surface area contributed by atoms with Crippen molar-refractivity contribution >= 4 is 10.0 Å². The second kappa shape index (κ2) is 5.82. The summed E-state index contributed by atoms with van der Waals surface area (Å²) in [6, 6.07) is 5.26. The molecule has 1 heterocycles. The number of aromatic nitrogens is 2. The highest BCUT2D eigenvalue weighted by molar-refractivity contribution is 7.89. The topological polar surface area (TPSA) is 87.2 Å². The van der Waals surface area contributed by atoms with Gasteiger partial charge in [-0.05, 0) is 38.1 Å². The van der Waals surface area contributed by atoms with Crippen molar-refractivity contribution in [1.82, 2.24) is 9.78 Å². The zero-order chi connectivity index (χ0) is 15.6. The summed E-state index contributed by atoms with van der Waals surface area (Å²) in [5.41, 5.74) is 0.652. The molecule has 1 aromatic carbocycles. The Bertz CT molecular complexity index is 741. The van der Waals surface area contributed by atoms with Crippen LogP contribution in [0.15, 0.2) is 35.4 Å². The average molecular weight is 313 g/mol. The molecule has 2 rings (SSSR count). The second-order valence-corrected chi connectivity index (χ2v) is 6.37. The lowest BCUT2D eigenvalue weighted by molar-refractivity contribution is 0.283. The number of nitrogens with zero attached hydrogens (tertiary/aromatic N) is 2. The van der Waals surface area contributed by atoms with Crippen LogP contribution in [-0.4, -0.2) is 18.2 Å². The Kier molecular flexibility index (Phi) is 4.29. The number of halogens is 1. The van der Waals surface area contributed by atoms with Crippen molar-refractivity contribution in [3.05, 3.63) is 42.0 Å². The summed E-state index contributed by atoms with van der Waals surface area (Å²) in [5, 5.41) is 9.19. The maximum absolute atomic E-state index is 13.7. The van der Waals surface area contributed by atoms with Crippen LogP contribution in [0, 0.1) is 5.82 Å². The van der Waals surface area contributed by atoms with Crippen LogP contribution in [-0.2, 0) is 16.6 Å². The van der Waals surface area contributed by atoms with E-state index in [4.69, 9.17) is 9.88 Å². The summed E-state index contributed by atoms with van der Waals surface area (Å²) in [6.07, 6.45) is 1.81. The van der Waals surface area contributed by atoms with Crippen molar-refractivity contribution in [1.29, 1.82) is 0 Å². The molecule has 8 heteroatoms. The maximum Gasteiger partial charge on any atom is 0.238 e. The van der Waals surface area contributed by atoms with Crippen LogP contribution in [0.5, 0.6) is 5.75 Å². The van der Waals surface area contributed by atoms with E-state index in [1.807, 2.05) is 20.0 Å². The first-order valence-corrected chi connectivity index (χ1v) is 7.81. The first kappa shape index (κ1) is 15.5. The fraction of sp³-hybridized carbons (Fsp3) is 0.308. The van der Waals surface area contributed by atoms with Gasteiger partial charge in [-0.25, -0.2) is 17.9 Å². The van der Waals surface area contributed by atoms with Crippen molar-refractivity contribution in [2.45, 2.75) is 31.4 Å². The van der Waals surface area contributed by atoms with Gasteiger partial charge in [0.15, 0.2) is 11.6 Å². The van der Waals surface area contributed by atoms with Gasteiger partial charge in [-0.3, -0.25) is 4.68 Å². The standard InChI is InChI=1S/C13H16FN3O3S/c1-9(2)17-6-5-10(16-17)8-20-13-4-3-11(7-12(13)14)21(15,18)19/h3-7,9H,8H2,1-2H3,(H2,15,18,19). The summed E-state index contributed by atoms with van der Waals surface area (Å²) >= 11 is 0. The lowest BCUT2D eigenvalue weighted by atomic mass is 10.3. The normalized spacial score (nSPS) is 11.9. The average Bonchev–Trinajstić information content (AvgIpc) is 2.85. The summed E-state index contributed by atoms with van der Waals surface area (Å²) < 4.78 is 43.0. The van der Waals surface area contributed by atoms with Crippen molar-refractivity contribution < 1.29 is 17.5 Å². The van der Waals surface area contributed by atoms with E-state index in [9.17, 15) is 12.8 Å². The number of nitrogens with two attached hydrogens (primary N) is 1. The minimum absolute atomic E-state index is 0.0542. The van der Waals surface area contributed by atoms with Gasteiger partial charge in [0, 0.05) is 12.2 Å². The van der Waals surface area contributed by atoms with Crippen LogP contribution >= 0.6 is 0 Å². The Morgan fingerprint density at radius 1 is 1.38 bits per heavy atom. The van der Waals surface area contributed by atoms with Crippen LogP contribution in [0.2, 0.25) is 0 Å². The summed E-state index contributed by atoms with van der Waals surface area (Å²) in [6.45, 7) is 4.07. The summed E-state index contributed by atoms with van der Waals surface area (Å²) in [7, 11) is -3.93. The number of ether oxygens (including phenoxy) is 1. The van der Waals surface area contributed by atoms with Gasteiger partial charge < -0.3 is 4.74 Å². The van der Waals surface area contributed by atoms with Crippen LogP contribution in [0.25, 0.3) is 0 Å². The van der Waals surface area contributed by atoms with Crippen LogP contribution in [0.3, 0.4) is 0 Å². The quantitative estimate of drug-likeness (QED) is 0.912. The molecule has 2 N–H and O–H groups in total. The van der Waals surface area contributed by atoms with E-state index in [1.165, 1.54) is 12.1 Å². The van der Waals surface area contributed by atoms with Crippen LogP contribution < -0.4 is 9.88 Å². The van der Waals surface area contributed by atoms with Gasteiger partial charge in [0.25, 0.3) is 0 Å². The van der Waals surface area contributed by atoms with Crippen LogP contribution in [0.4, 0.5) is 4.39 Å². The van der Waals surface area contributed by atoms with E-state index in [2.05, 4.69) is 5.10 Å². The highest BCUT2D eigenvalue weighted by atomic mass is 32.2. The molecule has 0 saturated heterocycles. The van der Waals surface area contributed by atoms with Crippen molar-refractivity contribution in [2.75, 3.05) is 0 Å². The summed E-state index contributed by atoms with van der Waals surface area (Å²) in [4.78, 5) is -0.295. The molecular weight excluding hydrogens is 297 g/mol. The molecule has 0 aliphatic carbocycles. The fourth-order valence-corrected chi connectivity index (χ4v) is 2.19. The van der Waals surface area contributed by atoms with Gasteiger partial charge in [-0.2, -0.15) is 5.10 Å². The Balaban J connectivity index is 2.09. The lowest BCUT2D eigenvalue weighted by Gasteiger charge is -2.07. The minimum Gasteiger partial charge on any atom is -0.484 e. The molecule has 0 aliphatic rings. The molecular formula is C13H16FN3O3S. The Hall–Kier alpha value is -1.93. The lowest BCUT2D eigenvalue weighted by Crippen LogP contribution is -2.12. The molecule has 0 unspecified atom stereocenters. The van der Waals surface area contributed by atoms with Gasteiger partial charge in [0.1, 0.15) is 6.61 Å². The van der Waals surface area contributed by atoms with Crippen molar-refractivity contribution in [3.63, 3.8) is 0 Å². The van der Waals surface area contributed by atoms with E-state index in [1.54, 1.807) is 10.7 Å². The van der Waals surface area contributed by atoms with E-state index in [0.717, 1.165) is 6.07 Å². The Morgan fingerprint density at radius 2 is 2.10 bits per heavy atom. The summed E-state index contributed by atoms with van der Waals surface area (Å²) in [5.74, 6) is -0.841. The van der Waals surface area contributed by atoms with Gasteiger partial charge in [0.2, 0.25) is 10.0 Å². The molecule has 0 amide bonds. The van der Waals surface area contributed by atoms with Gasteiger partial charge in [-0.15, -0.1) is 0 Å². The minimum atomic E-state index is -3.93. The smallest absolute Gasteiger partial charge is 0.238 e. The Labute approximate surface area is 122 Å². The molecule has 1 aromatic heterocycles. The molecule has 0 bridgehead atoms. The molecule has 21 heavy (non-hydrogen) atoms. The van der Waals surface area contributed by atoms with Gasteiger partial charge in [-0.1, -0.05) is 0 Å². The largest absolute Gasteiger partial charge is 0.484 e. The van der Waals surface area contributed by atoms with E-state index < -0.39 is 15.8 Å². The van der Waals surface area contributed by atoms with E-state index in [0.29, 0.717) is 5.69 Å². The molecule has 0 radical (unpaired) electrons. The Morgan fingerprint density at radius 3 is 2.62 bits per heavy atom. The first-order chi connectivity index (χ1) is 9.77. The monoisotopic (exact) mass is 313 g/mol.